The minimum Gasteiger partial charge on any atom is -0.386 e. The predicted octanol–water partition coefficient (Wildman–Crippen LogP) is 0.135. The molecule has 0 aliphatic heterocycles. The maximum Gasteiger partial charge on any atom is 0.0916 e. The normalized spacial score (nSPS) is 11.6. The lowest BCUT2D eigenvalue weighted by Gasteiger charge is -2.03. The fraction of sp³-hybridized carbons (Fsp3) is 0.714. The number of allylic oxidation sites excluding steroid dienone is 1. The Morgan fingerprint density at radius 1 is 1.50 bits per heavy atom. The average Bonchev–Trinajstić information content (AvgIpc) is 1.98. The summed E-state index contributed by atoms with van der Waals surface area (Å²) in [5.41, 5.74) is 10.8. The van der Waals surface area contributed by atoms with E-state index in [4.69, 9.17) is 11.5 Å². The van der Waals surface area contributed by atoms with E-state index in [9.17, 15) is 0 Å². The van der Waals surface area contributed by atoms with Crippen LogP contribution < -0.4 is 16.8 Å². The number of rotatable bonds is 5. The molecule has 0 unspecified atom stereocenters. The summed E-state index contributed by atoms with van der Waals surface area (Å²) in [5, 5.41) is 3.05. The highest BCUT2D eigenvalue weighted by Gasteiger charge is 1.85. The van der Waals surface area contributed by atoms with Gasteiger partial charge in [0, 0.05) is 6.54 Å². The maximum atomic E-state index is 5.47. The van der Waals surface area contributed by atoms with Crippen LogP contribution in [0.25, 0.3) is 0 Å². The van der Waals surface area contributed by atoms with Crippen LogP contribution in [0.4, 0.5) is 0 Å². The van der Waals surface area contributed by atoms with Crippen molar-refractivity contribution in [2.24, 2.45) is 11.5 Å². The van der Waals surface area contributed by atoms with Crippen molar-refractivity contribution in [2.75, 3.05) is 13.1 Å². The zero-order valence-electron chi connectivity index (χ0n) is 6.56. The average molecular weight is 143 g/mol. The summed E-state index contributed by atoms with van der Waals surface area (Å²) in [6.45, 7) is 3.59. The van der Waals surface area contributed by atoms with Crippen LogP contribution in [0.15, 0.2) is 11.9 Å². The third-order valence-corrected chi connectivity index (χ3v) is 1.27. The molecular formula is C7H17N3. The fourth-order valence-electron chi connectivity index (χ4n) is 0.604. The van der Waals surface area contributed by atoms with Gasteiger partial charge < -0.3 is 16.8 Å². The van der Waals surface area contributed by atoms with Gasteiger partial charge in [0.1, 0.15) is 0 Å². The first-order valence-electron chi connectivity index (χ1n) is 3.67. The zero-order chi connectivity index (χ0) is 7.82. The van der Waals surface area contributed by atoms with Gasteiger partial charge in [-0.25, -0.2) is 0 Å². The number of nitrogens with one attached hydrogen (secondary N) is 1. The van der Waals surface area contributed by atoms with Crippen LogP contribution in [0.2, 0.25) is 0 Å². The Hall–Kier alpha value is -0.700. The van der Waals surface area contributed by atoms with E-state index in [-0.39, 0.29) is 0 Å². The highest BCUT2D eigenvalue weighted by atomic mass is 15.0. The molecule has 0 aliphatic rings. The van der Waals surface area contributed by atoms with Gasteiger partial charge in [0.25, 0.3) is 0 Å². The van der Waals surface area contributed by atoms with E-state index in [0.29, 0.717) is 0 Å². The lowest BCUT2D eigenvalue weighted by atomic mass is 10.3. The van der Waals surface area contributed by atoms with Crippen molar-refractivity contribution in [1.82, 2.24) is 5.32 Å². The van der Waals surface area contributed by atoms with Crippen molar-refractivity contribution < 1.29 is 0 Å². The molecule has 0 spiro atoms. The second kappa shape index (κ2) is 6.42. The van der Waals surface area contributed by atoms with E-state index in [1.807, 2.05) is 13.0 Å². The monoisotopic (exact) mass is 143 g/mol. The van der Waals surface area contributed by atoms with Crippen molar-refractivity contribution in [3.05, 3.63) is 11.9 Å². The van der Waals surface area contributed by atoms with E-state index in [0.717, 1.165) is 31.8 Å². The van der Waals surface area contributed by atoms with Gasteiger partial charge in [-0.05, 0) is 32.4 Å². The molecule has 3 heteroatoms. The van der Waals surface area contributed by atoms with Crippen molar-refractivity contribution in [1.29, 1.82) is 0 Å². The third-order valence-electron chi connectivity index (χ3n) is 1.27. The molecule has 60 valence electrons. The maximum absolute atomic E-state index is 5.47. The van der Waals surface area contributed by atoms with Gasteiger partial charge in [0.05, 0.1) is 5.82 Å². The molecule has 5 N–H and O–H groups in total. The molecule has 0 rings (SSSR count). The summed E-state index contributed by atoms with van der Waals surface area (Å²) in [7, 11) is 0. The van der Waals surface area contributed by atoms with E-state index < -0.39 is 0 Å². The van der Waals surface area contributed by atoms with Crippen LogP contribution in [0.5, 0.6) is 0 Å². The quantitative estimate of drug-likeness (QED) is 0.479. The number of hydrogen-bond acceptors (Lipinski definition) is 3. The molecule has 0 bridgehead atoms. The van der Waals surface area contributed by atoms with E-state index in [2.05, 4.69) is 5.32 Å². The topological polar surface area (TPSA) is 64.1 Å². The molecule has 0 fully saturated rings. The molecule has 0 heterocycles. The molecule has 0 radical (unpaired) electrons. The van der Waals surface area contributed by atoms with Crippen LogP contribution in [-0.4, -0.2) is 13.1 Å². The van der Waals surface area contributed by atoms with Crippen LogP contribution in [0, 0.1) is 0 Å². The Labute approximate surface area is 62.5 Å². The van der Waals surface area contributed by atoms with E-state index >= 15 is 0 Å². The van der Waals surface area contributed by atoms with Gasteiger partial charge in [0.2, 0.25) is 0 Å². The van der Waals surface area contributed by atoms with Crippen LogP contribution in [0.1, 0.15) is 19.8 Å². The Morgan fingerprint density at radius 3 is 2.70 bits per heavy atom. The highest BCUT2D eigenvalue weighted by Crippen LogP contribution is 1.83. The van der Waals surface area contributed by atoms with E-state index in [1.54, 1.807) is 0 Å². The molecule has 0 aliphatic carbocycles. The number of unbranched alkanes of at least 4 members (excludes halogenated alkanes) is 1. The van der Waals surface area contributed by atoms with Crippen LogP contribution in [-0.2, 0) is 0 Å². The van der Waals surface area contributed by atoms with Gasteiger partial charge in [-0.2, -0.15) is 0 Å². The Bertz CT molecular complexity index is 99.0. The van der Waals surface area contributed by atoms with Gasteiger partial charge in [-0.15, -0.1) is 0 Å². The SMILES string of the molecule is C/C=C(\N)NCCCCN. The summed E-state index contributed by atoms with van der Waals surface area (Å²) < 4.78 is 0. The summed E-state index contributed by atoms with van der Waals surface area (Å²) in [5.74, 6) is 0.747. The molecule has 10 heavy (non-hydrogen) atoms. The summed E-state index contributed by atoms with van der Waals surface area (Å²) in [6, 6.07) is 0. The first kappa shape index (κ1) is 9.30. The molecule has 0 saturated heterocycles. The molecule has 3 nitrogen and oxygen atoms in total. The smallest absolute Gasteiger partial charge is 0.0916 e. The number of nitrogens with two attached hydrogens (primary N) is 2. The molecule has 0 saturated carbocycles. The van der Waals surface area contributed by atoms with Gasteiger partial charge in [-0.3, -0.25) is 0 Å². The first-order valence-corrected chi connectivity index (χ1v) is 3.67. The summed E-state index contributed by atoms with van der Waals surface area (Å²) in [6.07, 6.45) is 4.00. The lowest BCUT2D eigenvalue weighted by molar-refractivity contribution is 0.680. The van der Waals surface area contributed by atoms with Gasteiger partial charge in [0.15, 0.2) is 0 Å². The Kier molecular flexibility index (Phi) is 5.97. The van der Waals surface area contributed by atoms with Gasteiger partial charge in [-0.1, -0.05) is 0 Å². The molecule has 0 aromatic heterocycles. The minimum atomic E-state index is 0.747. The van der Waals surface area contributed by atoms with Crippen molar-refractivity contribution >= 4 is 0 Å². The number of hydrogen-bond donors (Lipinski definition) is 3. The van der Waals surface area contributed by atoms with E-state index in [1.165, 1.54) is 0 Å². The van der Waals surface area contributed by atoms with Crippen LogP contribution >= 0.6 is 0 Å². The zero-order valence-corrected chi connectivity index (χ0v) is 6.56. The predicted molar refractivity (Wildman–Crippen MR) is 44.2 cm³/mol. The minimum absolute atomic E-state index is 0.747. The molecular weight excluding hydrogens is 126 g/mol. The van der Waals surface area contributed by atoms with Crippen molar-refractivity contribution in [2.45, 2.75) is 19.8 Å². The fourth-order valence-corrected chi connectivity index (χ4v) is 0.604. The highest BCUT2D eigenvalue weighted by molar-refractivity contribution is 4.89. The third kappa shape index (κ3) is 5.44. The Morgan fingerprint density at radius 2 is 2.20 bits per heavy atom. The molecule has 0 amide bonds. The summed E-state index contributed by atoms with van der Waals surface area (Å²) in [4.78, 5) is 0. The largest absolute Gasteiger partial charge is 0.386 e. The lowest BCUT2D eigenvalue weighted by Crippen LogP contribution is -2.21. The second-order valence-electron chi connectivity index (χ2n) is 2.17. The summed E-state index contributed by atoms with van der Waals surface area (Å²) >= 11 is 0. The second-order valence-corrected chi connectivity index (χ2v) is 2.17. The van der Waals surface area contributed by atoms with Gasteiger partial charge >= 0.3 is 0 Å². The Balaban J connectivity index is 3.04. The standard InChI is InChI=1S/C7H17N3/c1-2-7(9)10-6-4-3-5-8/h2,10H,3-6,8-9H2,1H3/b7-2+. The molecule has 0 atom stereocenters. The molecule has 0 aromatic rings. The molecule has 0 aromatic carbocycles. The first-order chi connectivity index (χ1) is 4.81. The van der Waals surface area contributed by atoms with Crippen molar-refractivity contribution in [3.8, 4) is 0 Å². The van der Waals surface area contributed by atoms with Crippen molar-refractivity contribution in [3.63, 3.8) is 0 Å². The van der Waals surface area contributed by atoms with Crippen LogP contribution in [0.3, 0.4) is 0 Å².